The molecule has 4 nitrogen and oxygen atoms in total. The number of aryl methyl sites for hydroxylation is 1. The van der Waals surface area contributed by atoms with E-state index in [-0.39, 0.29) is 12.9 Å². The van der Waals surface area contributed by atoms with Crippen molar-refractivity contribution < 1.29 is 14.6 Å². The molecule has 4 heteroatoms. The Hall–Kier alpha value is -0.940. The molecule has 1 aromatic carbocycles. The summed E-state index contributed by atoms with van der Waals surface area (Å²) >= 11 is 0. The monoisotopic (exact) mass is 237 g/mol. The fourth-order valence-corrected chi connectivity index (χ4v) is 1.79. The third-order valence-corrected chi connectivity index (χ3v) is 2.94. The summed E-state index contributed by atoms with van der Waals surface area (Å²) in [5.74, 6) is 0. The van der Waals surface area contributed by atoms with Gasteiger partial charge in [0.2, 0.25) is 0 Å². The van der Waals surface area contributed by atoms with Crippen LogP contribution in [0.1, 0.15) is 12.0 Å². The first kappa shape index (κ1) is 12.5. The second kappa shape index (κ2) is 5.60. The van der Waals surface area contributed by atoms with Gasteiger partial charge in [0.05, 0.1) is 25.4 Å². The molecule has 3 N–H and O–H groups in total. The van der Waals surface area contributed by atoms with Crippen LogP contribution in [0.15, 0.2) is 30.3 Å². The average molecular weight is 237 g/mol. The maximum Gasteiger partial charge on any atom is 0.158 e. The van der Waals surface area contributed by atoms with Crippen molar-refractivity contribution in [3.05, 3.63) is 35.9 Å². The second-order valence-corrected chi connectivity index (χ2v) is 4.60. The van der Waals surface area contributed by atoms with Crippen molar-refractivity contribution in [2.24, 2.45) is 5.73 Å². The van der Waals surface area contributed by atoms with Crippen molar-refractivity contribution in [3.63, 3.8) is 0 Å². The fourth-order valence-electron chi connectivity index (χ4n) is 1.79. The van der Waals surface area contributed by atoms with Crippen LogP contribution < -0.4 is 5.73 Å². The van der Waals surface area contributed by atoms with E-state index in [0.717, 1.165) is 12.8 Å². The Morgan fingerprint density at radius 1 is 1.24 bits per heavy atom. The Bertz CT molecular complexity index is 334. The Morgan fingerprint density at radius 3 is 2.47 bits per heavy atom. The standard InChI is InChI=1S/C13H19NO3/c14-13(8-15)9-16-12(17-10-13)7-6-11-4-2-1-3-5-11/h1-5,12,15H,6-10,14H2. The van der Waals surface area contributed by atoms with Crippen molar-refractivity contribution >= 4 is 0 Å². The molecule has 2 rings (SSSR count). The summed E-state index contributed by atoms with van der Waals surface area (Å²) < 4.78 is 11.0. The molecule has 1 fully saturated rings. The summed E-state index contributed by atoms with van der Waals surface area (Å²) in [5.41, 5.74) is 6.36. The zero-order valence-corrected chi connectivity index (χ0v) is 9.84. The van der Waals surface area contributed by atoms with Gasteiger partial charge in [-0.1, -0.05) is 30.3 Å². The number of aliphatic hydroxyl groups excluding tert-OH is 1. The summed E-state index contributed by atoms with van der Waals surface area (Å²) in [7, 11) is 0. The van der Waals surface area contributed by atoms with E-state index in [9.17, 15) is 0 Å². The van der Waals surface area contributed by atoms with E-state index in [4.69, 9.17) is 20.3 Å². The van der Waals surface area contributed by atoms with Crippen molar-refractivity contribution in [2.75, 3.05) is 19.8 Å². The highest BCUT2D eigenvalue weighted by Gasteiger charge is 2.32. The van der Waals surface area contributed by atoms with Crippen LogP contribution in [0.5, 0.6) is 0 Å². The molecule has 94 valence electrons. The van der Waals surface area contributed by atoms with Gasteiger partial charge in [-0.2, -0.15) is 0 Å². The predicted octanol–water partition coefficient (Wildman–Crippen LogP) is 0.682. The lowest BCUT2D eigenvalue weighted by molar-refractivity contribution is -0.213. The molecule has 0 aromatic heterocycles. The van der Waals surface area contributed by atoms with E-state index >= 15 is 0 Å². The molecule has 1 heterocycles. The molecule has 0 bridgehead atoms. The Morgan fingerprint density at radius 2 is 1.88 bits per heavy atom. The smallest absolute Gasteiger partial charge is 0.158 e. The molecule has 0 unspecified atom stereocenters. The summed E-state index contributed by atoms with van der Waals surface area (Å²) in [4.78, 5) is 0. The number of nitrogens with two attached hydrogens (primary N) is 1. The quantitative estimate of drug-likeness (QED) is 0.808. The molecule has 1 saturated heterocycles. The SMILES string of the molecule is NC1(CO)COC(CCc2ccccc2)OC1. The normalized spacial score (nSPS) is 29.2. The van der Waals surface area contributed by atoms with Crippen molar-refractivity contribution in [1.82, 2.24) is 0 Å². The van der Waals surface area contributed by atoms with E-state index in [1.165, 1.54) is 5.56 Å². The first-order chi connectivity index (χ1) is 8.22. The molecule has 0 saturated carbocycles. The summed E-state index contributed by atoms with van der Waals surface area (Å²) in [5, 5.41) is 9.06. The minimum Gasteiger partial charge on any atom is -0.394 e. The van der Waals surface area contributed by atoms with Gasteiger partial charge < -0.3 is 20.3 Å². The van der Waals surface area contributed by atoms with Gasteiger partial charge in [-0.15, -0.1) is 0 Å². The average Bonchev–Trinajstić information content (AvgIpc) is 2.39. The Kier molecular flexibility index (Phi) is 4.12. The second-order valence-electron chi connectivity index (χ2n) is 4.60. The van der Waals surface area contributed by atoms with Crippen LogP contribution >= 0.6 is 0 Å². The van der Waals surface area contributed by atoms with E-state index in [1.54, 1.807) is 0 Å². The van der Waals surface area contributed by atoms with Crippen LogP contribution in [0.2, 0.25) is 0 Å². The van der Waals surface area contributed by atoms with Gasteiger partial charge in [-0.05, 0) is 12.0 Å². The van der Waals surface area contributed by atoms with E-state index in [1.807, 2.05) is 18.2 Å². The Balaban J connectivity index is 1.75. The lowest BCUT2D eigenvalue weighted by Crippen LogP contribution is -2.56. The molecule has 0 amide bonds. The fraction of sp³-hybridized carbons (Fsp3) is 0.538. The van der Waals surface area contributed by atoms with Crippen LogP contribution in [0, 0.1) is 0 Å². The third-order valence-electron chi connectivity index (χ3n) is 2.94. The lowest BCUT2D eigenvalue weighted by atomic mass is 10.0. The van der Waals surface area contributed by atoms with E-state index in [0.29, 0.717) is 13.2 Å². The first-order valence-electron chi connectivity index (χ1n) is 5.89. The minimum absolute atomic E-state index is 0.113. The van der Waals surface area contributed by atoms with Crippen LogP contribution in [-0.2, 0) is 15.9 Å². The molecule has 0 spiro atoms. The number of hydrogen-bond acceptors (Lipinski definition) is 4. The highest BCUT2D eigenvalue weighted by atomic mass is 16.7. The number of ether oxygens (including phenoxy) is 2. The zero-order valence-electron chi connectivity index (χ0n) is 9.84. The number of rotatable bonds is 4. The van der Waals surface area contributed by atoms with Gasteiger partial charge in [0.15, 0.2) is 6.29 Å². The predicted molar refractivity (Wildman–Crippen MR) is 64.5 cm³/mol. The lowest BCUT2D eigenvalue weighted by Gasteiger charge is -2.35. The van der Waals surface area contributed by atoms with Crippen LogP contribution in [0.3, 0.4) is 0 Å². The van der Waals surface area contributed by atoms with Gasteiger partial charge in [-0.3, -0.25) is 0 Å². The van der Waals surface area contributed by atoms with Crippen LogP contribution in [0.25, 0.3) is 0 Å². The van der Waals surface area contributed by atoms with Gasteiger partial charge >= 0.3 is 0 Å². The van der Waals surface area contributed by atoms with Gasteiger partial charge in [0.25, 0.3) is 0 Å². The molecule has 0 atom stereocenters. The molecule has 0 aliphatic carbocycles. The number of aliphatic hydroxyl groups is 1. The first-order valence-corrected chi connectivity index (χ1v) is 5.89. The van der Waals surface area contributed by atoms with Crippen molar-refractivity contribution in [3.8, 4) is 0 Å². The topological polar surface area (TPSA) is 64.7 Å². The minimum atomic E-state index is -0.733. The largest absolute Gasteiger partial charge is 0.394 e. The van der Waals surface area contributed by atoms with E-state index in [2.05, 4.69) is 12.1 Å². The van der Waals surface area contributed by atoms with Gasteiger partial charge in [0, 0.05) is 6.42 Å². The molecule has 1 aromatic rings. The molecule has 0 radical (unpaired) electrons. The number of benzene rings is 1. The molecule has 1 aliphatic heterocycles. The summed E-state index contributed by atoms with van der Waals surface area (Å²) in [6, 6.07) is 10.2. The molecule has 1 aliphatic rings. The number of hydrogen-bond donors (Lipinski definition) is 2. The van der Waals surface area contributed by atoms with Gasteiger partial charge in [-0.25, -0.2) is 0 Å². The Labute approximate surface area is 101 Å². The molecular formula is C13H19NO3. The van der Waals surface area contributed by atoms with Crippen molar-refractivity contribution in [1.29, 1.82) is 0 Å². The summed E-state index contributed by atoms with van der Waals surface area (Å²) in [6.07, 6.45) is 1.52. The highest BCUT2D eigenvalue weighted by molar-refractivity contribution is 5.14. The maximum absolute atomic E-state index is 9.06. The zero-order chi connectivity index (χ0) is 12.1. The highest BCUT2D eigenvalue weighted by Crippen LogP contribution is 2.17. The summed E-state index contributed by atoms with van der Waals surface area (Å²) in [6.45, 7) is 0.588. The molecular weight excluding hydrogens is 218 g/mol. The van der Waals surface area contributed by atoms with Crippen LogP contribution in [-0.4, -0.2) is 36.8 Å². The molecule has 17 heavy (non-hydrogen) atoms. The third kappa shape index (κ3) is 3.51. The van der Waals surface area contributed by atoms with Crippen LogP contribution in [0.4, 0.5) is 0 Å². The van der Waals surface area contributed by atoms with Gasteiger partial charge in [0.1, 0.15) is 0 Å². The van der Waals surface area contributed by atoms with E-state index < -0.39 is 5.54 Å². The maximum atomic E-state index is 9.06. The van der Waals surface area contributed by atoms with Crippen molar-refractivity contribution in [2.45, 2.75) is 24.7 Å².